The van der Waals surface area contributed by atoms with Crippen LogP contribution in [-0.4, -0.2) is 30.5 Å². The molecule has 0 amide bonds. The summed E-state index contributed by atoms with van der Waals surface area (Å²) < 4.78 is 10.1. The first kappa shape index (κ1) is 16.4. The van der Waals surface area contributed by atoms with Crippen molar-refractivity contribution in [3.8, 4) is 5.75 Å². The highest BCUT2D eigenvalue weighted by atomic mass is 16.5. The average Bonchev–Trinajstić information content (AvgIpc) is 2.60. The van der Waals surface area contributed by atoms with Crippen molar-refractivity contribution in [2.24, 2.45) is 0 Å². The maximum Gasteiger partial charge on any atom is 0.342 e. The number of benzene rings is 1. The molecule has 1 aromatic heterocycles. The SMILES string of the molecule is CCOC(=O)/C(=C\c1cncc(OC)c1)C(=O)c1ccccc1. The number of hydrogen-bond donors (Lipinski definition) is 0. The molecule has 0 aliphatic rings. The highest BCUT2D eigenvalue weighted by Gasteiger charge is 2.21. The summed E-state index contributed by atoms with van der Waals surface area (Å²) in [5.41, 5.74) is 0.951. The van der Waals surface area contributed by atoms with Crippen LogP contribution in [-0.2, 0) is 9.53 Å². The zero-order chi connectivity index (χ0) is 16.7. The topological polar surface area (TPSA) is 65.5 Å². The van der Waals surface area contributed by atoms with Crippen molar-refractivity contribution < 1.29 is 19.1 Å². The van der Waals surface area contributed by atoms with Crippen LogP contribution in [0.3, 0.4) is 0 Å². The molecule has 0 aliphatic carbocycles. The number of carbonyl (C=O) groups excluding carboxylic acids is 2. The second-order valence-electron chi connectivity index (χ2n) is 4.63. The number of ether oxygens (including phenoxy) is 2. The van der Waals surface area contributed by atoms with E-state index in [9.17, 15) is 9.59 Å². The monoisotopic (exact) mass is 311 g/mol. The highest BCUT2D eigenvalue weighted by molar-refractivity contribution is 6.26. The first-order valence-electron chi connectivity index (χ1n) is 7.13. The molecule has 118 valence electrons. The summed E-state index contributed by atoms with van der Waals surface area (Å²) in [6.45, 7) is 1.88. The number of esters is 1. The van der Waals surface area contributed by atoms with Crippen LogP contribution in [0.2, 0.25) is 0 Å². The Bertz CT molecular complexity index is 723. The summed E-state index contributed by atoms with van der Waals surface area (Å²) in [6, 6.07) is 10.3. The fraction of sp³-hybridized carbons (Fsp3) is 0.167. The van der Waals surface area contributed by atoms with E-state index in [0.29, 0.717) is 16.9 Å². The lowest BCUT2D eigenvalue weighted by Crippen LogP contribution is -2.16. The molecular formula is C18H17NO4. The Kier molecular flexibility index (Phi) is 5.63. The summed E-state index contributed by atoms with van der Waals surface area (Å²) in [7, 11) is 1.52. The molecule has 1 aromatic carbocycles. The quantitative estimate of drug-likeness (QED) is 0.270. The molecule has 5 nitrogen and oxygen atoms in total. The highest BCUT2D eigenvalue weighted by Crippen LogP contribution is 2.17. The molecule has 23 heavy (non-hydrogen) atoms. The van der Waals surface area contributed by atoms with Gasteiger partial charge in [-0.3, -0.25) is 9.78 Å². The van der Waals surface area contributed by atoms with Gasteiger partial charge in [-0.1, -0.05) is 30.3 Å². The molecule has 1 heterocycles. The molecule has 0 N–H and O–H groups in total. The molecule has 0 saturated heterocycles. The standard InChI is InChI=1S/C18H17NO4/c1-3-23-18(21)16(17(20)14-7-5-4-6-8-14)10-13-9-15(22-2)12-19-11-13/h4-12H,3H2,1-2H3/b16-10-. The first-order valence-corrected chi connectivity index (χ1v) is 7.13. The van der Waals surface area contributed by atoms with Crippen LogP contribution < -0.4 is 4.74 Å². The third kappa shape index (κ3) is 4.26. The van der Waals surface area contributed by atoms with Crippen molar-refractivity contribution >= 4 is 17.8 Å². The van der Waals surface area contributed by atoms with Crippen LogP contribution in [0.15, 0.2) is 54.4 Å². The van der Waals surface area contributed by atoms with Gasteiger partial charge in [-0.15, -0.1) is 0 Å². The summed E-state index contributed by atoms with van der Waals surface area (Å²) in [5, 5.41) is 0. The third-order valence-corrected chi connectivity index (χ3v) is 3.06. The van der Waals surface area contributed by atoms with Gasteiger partial charge < -0.3 is 9.47 Å². The van der Waals surface area contributed by atoms with E-state index < -0.39 is 11.8 Å². The van der Waals surface area contributed by atoms with Crippen molar-refractivity contribution in [3.63, 3.8) is 0 Å². The molecule has 0 bridgehead atoms. The zero-order valence-electron chi connectivity index (χ0n) is 13.0. The van der Waals surface area contributed by atoms with Gasteiger partial charge in [0, 0.05) is 11.8 Å². The molecule has 0 saturated carbocycles. The number of Topliss-reactive ketones (excluding diaryl/α,β-unsaturated/α-hetero) is 1. The van der Waals surface area contributed by atoms with Crippen molar-refractivity contribution in [2.45, 2.75) is 6.92 Å². The van der Waals surface area contributed by atoms with Crippen molar-refractivity contribution in [1.82, 2.24) is 4.98 Å². The minimum absolute atomic E-state index is 0.0481. The van der Waals surface area contributed by atoms with E-state index in [1.54, 1.807) is 55.7 Å². The minimum atomic E-state index is -0.663. The smallest absolute Gasteiger partial charge is 0.342 e. The number of pyridine rings is 1. The normalized spacial score (nSPS) is 11.0. The summed E-state index contributed by atoms with van der Waals surface area (Å²) in [4.78, 5) is 28.8. The summed E-state index contributed by atoms with van der Waals surface area (Å²) in [5.74, 6) is -0.523. The largest absolute Gasteiger partial charge is 0.495 e. The van der Waals surface area contributed by atoms with E-state index in [1.807, 2.05) is 0 Å². The lowest BCUT2D eigenvalue weighted by Gasteiger charge is -2.07. The fourth-order valence-electron chi connectivity index (χ4n) is 1.96. The van der Waals surface area contributed by atoms with Crippen molar-refractivity contribution in [3.05, 3.63) is 65.5 Å². The van der Waals surface area contributed by atoms with Crippen molar-refractivity contribution in [2.75, 3.05) is 13.7 Å². The van der Waals surface area contributed by atoms with Gasteiger partial charge in [0.2, 0.25) is 0 Å². The minimum Gasteiger partial charge on any atom is -0.495 e. The molecule has 0 atom stereocenters. The lowest BCUT2D eigenvalue weighted by atomic mass is 10.0. The Morgan fingerprint density at radius 3 is 2.57 bits per heavy atom. The molecule has 2 rings (SSSR count). The molecule has 0 radical (unpaired) electrons. The van der Waals surface area contributed by atoms with Gasteiger partial charge in [-0.25, -0.2) is 4.79 Å². The van der Waals surface area contributed by atoms with E-state index in [4.69, 9.17) is 9.47 Å². The number of carbonyl (C=O) groups is 2. The van der Waals surface area contributed by atoms with Gasteiger partial charge in [-0.05, 0) is 24.6 Å². The Balaban J connectivity index is 2.43. The number of nitrogens with zero attached hydrogens (tertiary/aromatic N) is 1. The number of aromatic nitrogens is 1. The van der Waals surface area contributed by atoms with Crippen LogP contribution in [0.1, 0.15) is 22.8 Å². The predicted molar refractivity (Wildman–Crippen MR) is 86.2 cm³/mol. The van der Waals surface area contributed by atoms with Crippen LogP contribution >= 0.6 is 0 Å². The summed E-state index contributed by atoms with van der Waals surface area (Å²) >= 11 is 0. The molecule has 0 spiro atoms. The molecule has 2 aromatic rings. The van der Waals surface area contributed by atoms with E-state index >= 15 is 0 Å². The maximum atomic E-state index is 12.6. The Morgan fingerprint density at radius 1 is 1.17 bits per heavy atom. The molecule has 0 fully saturated rings. The summed E-state index contributed by atoms with van der Waals surface area (Å²) in [6.07, 6.45) is 4.54. The van der Waals surface area contributed by atoms with Gasteiger partial charge in [0.15, 0.2) is 5.78 Å². The zero-order valence-corrected chi connectivity index (χ0v) is 13.0. The van der Waals surface area contributed by atoms with Crippen LogP contribution in [0.5, 0.6) is 5.75 Å². The van der Waals surface area contributed by atoms with E-state index in [0.717, 1.165) is 0 Å². The molecule has 0 unspecified atom stereocenters. The first-order chi connectivity index (χ1) is 11.2. The number of rotatable bonds is 6. The fourth-order valence-corrected chi connectivity index (χ4v) is 1.96. The molecule has 5 heteroatoms. The van der Waals surface area contributed by atoms with Crippen LogP contribution in [0.4, 0.5) is 0 Å². The van der Waals surface area contributed by atoms with Gasteiger partial charge in [0.05, 0.1) is 19.9 Å². The second-order valence-corrected chi connectivity index (χ2v) is 4.63. The average molecular weight is 311 g/mol. The number of ketones is 1. The van der Waals surface area contributed by atoms with Gasteiger partial charge in [0.1, 0.15) is 11.3 Å². The van der Waals surface area contributed by atoms with Crippen molar-refractivity contribution in [1.29, 1.82) is 0 Å². The van der Waals surface area contributed by atoms with Crippen LogP contribution in [0, 0.1) is 0 Å². The Labute approximate surface area is 134 Å². The number of hydrogen-bond acceptors (Lipinski definition) is 5. The van der Waals surface area contributed by atoms with E-state index in [1.165, 1.54) is 13.2 Å². The Morgan fingerprint density at radius 2 is 1.91 bits per heavy atom. The van der Waals surface area contributed by atoms with E-state index in [-0.39, 0.29) is 12.2 Å². The predicted octanol–water partition coefficient (Wildman–Crippen LogP) is 2.92. The van der Waals surface area contributed by atoms with Gasteiger partial charge in [0.25, 0.3) is 0 Å². The Hall–Kier alpha value is -2.95. The molecule has 0 aliphatic heterocycles. The van der Waals surface area contributed by atoms with Gasteiger partial charge >= 0.3 is 5.97 Å². The maximum absolute atomic E-state index is 12.6. The second kappa shape index (κ2) is 7.89. The molecular weight excluding hydrogens is 294 g/mol. The third-order valence-electron chi connectivity index (χ3n) is 3.06. The van der Waals surface area contributed by atoms with Gasteiger partial charge in [-0.2, -0.15) is 0 Å². The number of methoxy groups -OCH3 is 1. The lowest BCUT2D eigenvalue weighted by molar-refractivity contribution is -0.137. The van der Waals surface area contributed by atoms with E-state index in [2.05, 4.69) is 4.98 Å². The van der Waals surface area contributed by atoms with Crippen LogP contribution in [0.25, 0.3) is 6.08 Å².